The molecule has 6 heteroatoms. The molecule has 6 nitrogen and oxygen atoms in total. The summed E-state index contributed by atoms with van der Waals surface area (Å²) < 4.78 is 5.44. The predicted octanol–water partition coefficient (Wildman–Crippen LogP) is 15.8. The molecule has 0 heterocycles. The molecular formula is C55H101NO5. The summed E-state index contributed by atoms with van der Waals surface area (Å²) in [7, 11) is 0. The van der Waals surface area contributed by atoms with Crippen LogP contribution in [0.25, 0.3) is 0 Å². The molecule has 2 atom stereocenters. The molecule has 356 valence electrons. The number of hydrogen-bond donors (Lipinski definition) is 3. The molecule has 3 N–H and O–H groups in total. The van der Waals surface area contributed by atoms with Gasteiger partial charge in [-0.3, -0.25) is 9.59 Å². The largest absolute Gasteiger partial charge is 0.466 e. The molecule has 0 saturated carbocycles. The fraction of sp³-hybridized carbons (Fsp3) is 0.818. The Labute approximate surface area is 378 Å². The Bertz CT molecular complexity index is 1040. The zero-order valence-corrected chi connectivity index (χ0v) is 40.4. The average Bonchev–Trinajstić information content (AvgIpc) is 3.26. The molecule has 0 fully saturated rings. The fourth-order valence-corrected chi connectivity index (χ4v) is 7.73. The van der Waals surface area contributed by atoms with Crippen LogP contribution in [0.15, 0.2) is 48.6 Å². The van der Waals surface area contributed by atoms with Crippen LogP contribution in [0.5, 0.6) is 0 Å². The fourth-order valence-electron chi connectivity index (χ4n) is 7.73. The van der Waals surface area contributed by atoms with E-state index in [4.69, 9.17) is 4.74 Å². The first kappa shape index (κ1) is 58.8. The number of esters is 1. The van der Waals surface area contributed by atoms with E-state index in [1.54, 1.807) is 6.08 Å². The molecule has 0 aromatic carbocycles. The SMILES string of the molecule is CCCCCCCC/C=C\CCCCCCCC(=O)OCCCCC/C=C\C=C/CCCCCCCCCCCCC(=O)NC(CO)C(O)/C=C/CCCCCCCCCC. The highest BCUT2D eigenvalue weighted by Crippen LogP contribution is 2.14. The van der Waals surface area contributed by atoms with Crippen LogP contribution >= 0.6 is 0 Å². The number of nitrogens with one attached hydrogen (secondary N) is 1. The van der Waals surface area contributed by atoms with Crippen LogP contribution in [-0.2, 0) is 14.3 Å². The first-order valence-corrected chi connectivity index (χ1v) is 26.4. The zero-order valence-electron chi connectivity index (χ0n) is 40.4. The van der Waals surface area contributed by atoms with Gasteiger partial charge in [-0.15, -0.1) is 0 Å². The Morgan fingerprint density at radius 2 is 0.820 bits per heavy atom. The highest BCUT2D eigenvalue weighted by atomic mass is 16.5. The smallest absolute Gasteiger partial charge is 0.305 e. The maximum Gasteiger partial charge on any atom is 0.305 e. The third-order valence-corrected chi connectivity index (χ3v) is 11.8. The van der Waals surface area contributed by atoms with Crippen molar-refractivity contribution in [3.8, 4) is 0 Å². The summed E-state index contributed by atoms with van der Waals surface area (Å²) in [5.41, 5.74) is 0. The molecule has 2 unspecified atom stereocenters. The van der Waals surface area contributed by atoms with Gasteiger partial charge in [-0.1, -0.05) is 210 Å². The van der Waals surface area contributed by atoms with Gasteiger partial charge in [-0.05, 0) is 89.9 Å². The molecule has 1 amide bonds. The topological polar surface area (TPSA) is 95.9 Å². The number of ether oxygens (including phenoxy) is 1. The molecule has 0 aromatic rings. The van der Waals surface area contributed by atoms with Gasteiger partial charge in [-0.25, -0.2) is 0 Å². The van der Waals surface area contributed by atoms with Gasteiger partial charge >= 0.3 is 5.97 Å². The molecule has 0 spiro atoms. The number of carbonyl (C=O) groups is 2. The van der Waals surface area contributed by atoms with Crippen LogP contribution in [0, 0.1) is 0 Å². The monoisotopic (exact) mass is 856 g/mol. The van der Waals surface area contributed by atoms with Crippen LogP contribution in [0.4, 0.5) is 0 Å². The summed E-state index contributed by atoms with van der Waals surface area (Å²) in [6.07, 6.45) is 62.7. The highest BCUT2D eigenvalue weighted by molar-refractivity contribution is 5.76. The molecule has 0 saturated heterocycles. The zero-order chi connectivity index (χ0) is 44.4. The van der Waals surface area contributed by atoms with Crippen LogP contribution in [0.1, 0.15) is 264 Å². The van der Waals surface area contributed by atoms with Crippen molar-refractivity contribution in [1.29, 1.82) is 0 Å². The van der Waals surface area contributed by atoms with Crippen LogP contribution in [0.2, 0.25) is 0 Å². The van der Waals surface area contributed by atoms with E-state index in [0.29, 0.717) is 19.4 Å². The number of allylic oxidation sites excluding steroid dienone is 7. The number of rotatable bonds is 48. The second-order valence-electron chi connectivity index (χ2n) is 17.9. The second kappa shape index (κ2) is 50.5. The third-order valence-electron chi connectivity index (χ3n) is 11.8. The van der Waals surface area contributed by atoms with E-state index >= 15 is 0 Å². The Balaban J connectivity index is 3.50. The van der Waals surface area contributed by atoms with E-state index < -0.39 is 12.1 Å². The summed E-state index contributed by atoms with van der Waals surface area (Å²) in [5, 5.41) is 22.9. The maximum absolute atomic E-state index is 12.4. The van der Waals surface area contributed by atoms with Gasteiger partial charge in [0, 0.05) is 12.8 Å². The Hall–Kier alpha value is -2.18. The number of carbonyl (C=O) groups excluding carboxylic acids is 2. The van der Waals surface area contributed by atoms with Crippen LogP contribution in [0.3, 0.4) is 0 Å². The minimum Gasteiger partial charge on any atom is -0.466 e. The summed E-state index contributed by atoms with van der Waals surface area (Å²) in [5.74, 6) is -0.104. The summed E-state index contributed by atoms with van der Waals surface area (Å²) in [6, 6.07) is -0.634. The Morgan fingerprint density at radius 1 is 0.459 bits per heavy atom. The average molecular weight is 856 g/mol. The molecule has 0 radical (unpaired) electrons. The summed E-state index contributed by atoms with van der Waals surface area (Å²) in [6.45, 7) is 4.82. The molecule has 61 heavy (non-hydrogen) atoms. The van der Waals surface area contributed by atoms with Gasteiger partial charge in [0.25, 0.3) is 0 Å². The lowest BCUT2D eigenvalue weighted by Gasteiger charge is -2.20. The molecular weight excluding hydrogens is 755 g/mol. The van der Waals surface area contributed by atoms with E-state index in [1.165, 1.54) is 161 Å². The predicted molar refractivity (Wildman–Crippen MR) is 264 cm³/mol. The molecule has 0 aliphatic carbocycles. The van der Waals surface area contributed by atoms with Crippen LogP contribution < -0.4 is 5.32 Å². The van der Waals surface area contributed by atoms with Gasteiger partial charge in [0.05, 0.1) is 25.4 Å². The van der Waals surface area contributed by atoms with Crippen molar-refractivity contribution in [2.24, 2.45) is 0 Å². The number of aliphatic hydroxyl groups is 2. The first-order valence-electron chi connectivity index (χ1n) is 26.4. The lowest BCUT2D eigenvalue weighted by atomic mass is 10.0. The van der Waals surface area contributed by atoms with Gasteiger partial charge in [-0.2, -0.15) is 0 Å². The minimum absolute atomic E-state index is 0.0231. The molecule has 0 aromatic heterocycles. The van der Waals surface area contributed by atoms with Gasteiger partial charge in [0.1, 0.15) is 0 Å². The molecule has 0 bridgehead atoms. The molecule has 0 aliphatic heterocycles. The third kappa shape index (κ3) is 47.1. The van der Waals surface area contributed by atoms with E-state index in [2.05, 4.69) is 55.6 Å². The van der Waals surface area contributed by atoms with Crippen molar-refractivity contribution < 1.29 is 24.5 Å². The van der Waals surface area contributed by atoms with Gasteiger partial charge in [0.15, 0.2) is 0 Å². The second-order valence-corrected chi connectivity index (χ2v) is 17.9. The van der Waals surface area contributed by atoms with E-state index in [0.717, 1.165) is 77.0 Å². The first-order chi connectivity index (χ1) is 30.0. The van der Waals surface area contributed by atoms with E-state index in [-0.39, 0.29) is 18.5 Å². The number of amides is 1. The minimum atomic E-state index is -0.850. The van der Waals surface area contributed by atoms with Crippen molar-refractivity contribution in [3.05, 3.63) is 48.6 Å². The number of unbranched alkanes of at least 4 members (excludes halogenated alkanes) is 32. The van der Waals surface area contributed by atoms with Gasteiger partial charge < -0.3 is 20.3 Å². The standard InChI is InChI=1S/C55H101NO5/c1-3-5-7-9-11-13-15-16-22-26-29-33-37-41-45-49-55(60)61-50-46-42-38-34-30-27-24-21-19-17-18-20-23-25-28-32-36-40-44-48-54(59)56-52(51-57)53(58)47-43-39-35-31-14-12-10-8-6-4-2/h16,21-22,24,27,30,43,47,52-53,57-58H,3-15,17-20,23,25-26,28-29,31-42,44-46,48-51H2,1-2H3,(H,56,59)/b22-16-,24-21-,30-27-,47-43+. The van der Waals surface area contributed by atoms with Crippen molar-refractivity contribution in [1.82, 2.24) is 5.32 Å². The van der Waals surface area contributed by atoms with Crippen molar-refractivity contribution >= 4 is 11.9 Å². The van der Waals surface area contributed by atoms with Crippen molar-refractivity contribution in [3.63, 3.8) is 0 Å². The highest BCUT2D eigenvalue weighted by Gasteiger charge is 2.18. The summed E-state index contributed by atoms with van der Waals surface area (Å²) >= 11 is 0. The quantitative estimate of drug-likeness (QED) is 0.0245. The number of aliphatic hydroxyl groups excluding tert-OH is 2. The molecule has 0 rings (SSSR count). The normalized spacial score (nSPS) is 13.0. The number of hydrogen-bond acceptors (Lipinski definition) is 5. The Kier molecular flexibility index (Phi) is 48.7. The van der Waals surface area contributed by atoms with Crippen LogP contribution in [-0.4, -0.2) is 47.4 Å². The lowest BCUT2D eigenvalue weighted by molar-refractivity contribution is -0.143. The molecule has 0 aliphatic rings. The van der Waals surface area contributed by atoms with E-state index in [1.807, 2.05) is 6.08 Å². The van der Waals surface area contributed by atoms with Crippen molar-refractivity contribution in [2.75, 3.05) is 13.2 Å². The van der Waals surface area contributed by atoms with E-state index in [9.17, 15) is 19.8 Å². The van der Waals surface area contributed by atoms with Gasteiger partial charge in [0.2, 0.25) is 5.91 Å². The van der Waals surface area contributed by atoms with Crippen molar-refractivity contribution in [2.45, 2.75) is 276 Å². The maximum atomic E-state index is 12.4. The Morgan fingerprint density at radius 3 is 1.26 bits per heavy atom. The lowest BCUT2D eigenvalue weighted by Crippen LogP contribution is -2.45. The summed E-state index contributed by atoms with van der Waals surface area (Å²) in [4.78, 5) is 24.4.